The van der Waals surface area contributed by atoms with Gasteiger partial charge in [-0.25, -0.2) is 0 Å². The first kappa shape index (κ1) is 10.6. The number of halogens is 2. The van der Waals surface area contributed by atoms with Gasteiger partial charge in [0.2, 0.25) is 0 Å². The molecular formula is C13H8Cl2N2. The van der Waals surface area contributed by atoms with Crippen LogP contribution >= 0.6 is 23.2 Å². The zero-order valence-corrected chi connectivity index (χ0v) is 10.3. The molecule has 3 aromatic heterocycles. The Balaban J connectivity index is 2.33. The van der Waals surface area contributed by atoms with Crippen molar-refractivity contribution in [1.82, 2.24) is 9.38 Å². The Hall–Kier alpha value is -1.51. The van der Waals surface area contributed by atoms with Crippen molar-refractivity contribution in [1.29, 1.82) is 0 Å². The number of pyridine rings is 2. The first-order valence-electron chi connectivity index (χ1n) is 5.12. The standard InChI is InChI=1S/C13H8Cl2N2/c14-10-3-5-17-11(6-10)7-12(15)13(17)9-2-1-4-16-8-9/h1-8H. The largest absolute Gasteiger partial charge is 0.315 e. The van der Waals surface area contributed by atoms with Crippen LogP contribution in [0, 0.1) is 0 Å². The van der Waals surface area contributed by atoms with Gasteiger partial charge in [0, 0.05) is 34.7 Å². The lowest BCUT2D eigenvalue weighted by molar-refractivity contribution is 1.19. The molecular weight excluding hydrogens is 255 g/mol. The van der Waals surface area contributed by atoms with Crippen molar-refractivity contribution in [2.75, 3.05) is 0 Å². The summed E-state index contributed by atoms with van der Waals surface area (Å²) < 4.78 is 2.01. The molecule has 2 nitrogen and oxygen atoms in total. The van der Waals surface area contributed by atoms with Crippen molar-refractivity contribution in [3.05, 3.63) is 59.0 Å². The third kappa shape index (κ3) is 1.79. The lowest BCUT2D eigenvalue weighted by Gasteiger charge is -2.03. The van der Waals surface area contributed by atoms with Crippen LogP contribution in [0.25, 0.3) is 16.8 Å². The van der Waals surface area contributed by atoms with Crippen LogP contribution in [0.2, 0.25) is 10.0 Å². The summed E-state index contributed by atoms with van der Waals surface area (Å²) in [5.74, 6) is 0. The van der Waals surface area contributed by atoms with Crippen LogP contribution in [0.5, 0.6) is 0 Å². The molecule has 0 aliphatic heterocycles. The maximum atomic E-state index is 6.26. The van der Waals surface area contributed by atoms with E-state index < -0.39 is 0 Å². The Morgan fingerprint density at radius 1 is 1.12 bits per heavy atom. The van der Waals surface area contributed by atoms with Crippen molar-refractivity contribution in [3.63, 3.8) is 0 Å². The lowest BCUT2D eigenvalue weighted by Crippen LogP contribution is -1.88. The quantitative estimate of drug-likeness (QED) is 0.639. The topological polar surface area (TPSA) is 17.3 Å². The Morgan fingerprint density at radius 2 is 2.00 bits per heavy atom. The molecule has 0 N–H and O–H groups in total. The predicted molar refractivity (Wildman–Crippen MR) is 70.6 cm³/mol. The number of rotatable bonds is 1. The zero-order valence-electron chi connectivity index (χ0n) is 8.77. The Labute approximate surface area is 108 Å². The molecule has 0 saturated carbocycles. The summed E-state index contributed by atoms with van der Waals surface area (Å²) >= 11 is 12.2. The number of fused-ring (bicyclic) bond motifs is 1. The van der Waals surface area contributed by atoms with Gasteiger partial charge >= 0.3 is 0 Å². The number of hydrogen-bond donors (Lipinski definition) is 0. The molecule has 17 heavy (non-hydrogen) atoms. The minimum atomic E-state index is 0.695. The number of aromatic nitrogens is 2. The summed E-state index contributed by atoms with van der Waals surface area (Å²) in [4.78, 5) is 4.11. The fourth-order valence-corrected chi connectivity index (χ4v) is 2.38. The molecule has 0 atom stereocenters. The molecule has 0 aliphatic carbocycles. The molecule has 0 aromatic carbocycles. The SMILES string of the molecule is Clc1ccn2c(-c3cccnc3)c(Cl)cc2c1. The highest BCUT2D eigenvalue weighted by Crippen LogP contribution is 2.31. The van der Waals surface area contributed by atoms with Crippen LogP contribution in [0.15, 0.2) is 48.9 Å². The van der Waals surface area contributed by atoms with Crippen LogP contribution in [-0.4, -0.2) is 9.38 Å². The third-order valence-electron chi connectivity index (χ3n) is 2.62. The molecule has 3 aromatic rings. The van der Waals surface area contributed by atoms with Crippen LogP contribution in [0.1, 0.15) is 0 Å². The molecule has 3 rings (SSSR count). The molecule has 0 saturated heterocycles. The highest BCUT2D eigenvalue weighted by molar-refractivity contribution is 6.34. The van der Waals surface area contributed by atoms with E-state index in [1.807, 2.05) is 40.9 Å². The molecule has 0 amide bonds. The maximum Gasteiger partial charge on any atom is 0.0731 e. The maximum absolute atomic E-state index is 6.26. The van der Waals surface area contributed by atoms with E-state index in [0.717, 1.165) is 16.8 Å². The van der Waals surface area contributed by atoms with Gasteiger partial charge in [0.25, 0.3) is 0 Å². The molecule has 0 radical (unpaired) electrons. The van der Waals surface area contributed by atoms with Crippen molar-refractivity contribution in [3.8, 4) is 11.3 Å². The monoisotopic (exact) mass is 262 g/mol. The molecule has 84 valence electrons. The summed E-state index contributed by atoms with van der Waals surface area (Å²) in [6.07, 6.45) is 5.44. The van der Waals surface area contributed by atoms with E-state index >= 15 is 0 Å². The Kier molecular flexibility index (Phi) is 2.54. The van der Waals surface area contributed by atoms with E-state index in [1.165, 1.54) is 0 Å². The minimum Gasteiger partial charge on any atom is -0.315 e. The fourth-order valence-electron chi connectivity index (χ4n) is 1.90. The van der Waals surface area contributed by atoms with Crippen molar-refractivity contribution < 1.29 is 0 Å². The molecule has 3 heterocycles. The zero-order chi connectivity index (χ0) is 11.8. The average Bonchev–Trinajstić information content (AvgIpc) is 2.65. The second-order valence-electron chi connectivity index (χ2n) is 3.72. The van der Waals surface area contributed by atoms with E-state index in [-0.39, 0.29) is 0 Å². The van der Waals surface area contributed by atoms with E-state index in [9.17, 15) is 0 Å². The molecule has 0 bridgehead atoms. The van der Waals surface area contributed by atoms with Gasteiger partial charge < -0.3 is 4.40 Å². The third-order valence-corrected chi connectivity index (χ3v) is 3.15. The molecule has 0 unspecified atom stereocenters. The Bertz CT molecular complexity index is 674. The fraction of sp³-hybridized carbons (Fsp3) is 0. The van der Waals surface area contributed by atoms with Gasteiger partial charge in [-0.3, -0.25) is 4.98 Å². The molecule has 0 spiro atoms. The highest BCUT2D eigenvalue weighted by atomic mass is 35.5. The second-order valence-corrected chi connectivity index (χ2v) is 4.57. The van der Waals surface area contributed by atoms with Gasteiger partial charge in [0.05, 0.1) is 10.7 Å². The minimum absolute atomic E-state index is 0.695. The van der Waals surface area contributed by atoms with E-state index in [1.54, 1.807) is 12.4 Å². The summed E-state index contributed by atoms with van der Waals surface area (Å²) in [5.41, 5.74) is 2.90. The summed E-state index contributed by atoms with van der Waals surface area (Å²) in [6.45, 7) is 0. The van der Waals surface area contributed by atoms with Crippen LogP contribution in [0.4, 0.5) is 0 Å². The predicted octanol–water partition coefficient (Wildman–Crippen LogP) is 4.31. The summed E-state index contributed by atoms with van der Waals surface area (Å²) in [5, 5.41) is 1.39. The summed E-state index contributed by atoms with van der Waals surface area (Å²) in [7, 11) is 0. The van der Waals surface area contributed by atoms with Gasteiger partial charge in [-0.15, -0.1) is 0 Å². The van der Waals surface area contributed by atoms with Crippen LogP contribution < -0.4 is 0 Å². The van der Waals surface area contributed by atoms with E-state index in [2.05, 4.69) is 4.98 Å². The first-order chi connectivity index (χ1) is 8.25. The van der Waals surface area contributed by atoms with Gasteiger partial charge in [-0.2, -0.15) is 0 Å². The smallest absolute Gasteiger partial charge is 0.0731 e. The van der Waals surface area contributed by atoms with Gasteiger partial charge in [0.15, 0.2) is 0 Å². The van der Waals surface area contributed by atoms with Gasteiger partial charge in [-0.05, 0) is 30.3 Å². The number of nitrogens with zero attached hydrogens (tertiary/aromatic N) is 2. The number of hydrogen-bond acceptors (Lipinski definition) is 1. The van der Waals surface area contributed by atoms with Crippen LogP contribution in [-0.2, 0) is 0 Å². The van der Waals surface area contributed by atoms with E-state index in [0.29, 0.717) is 10.0 Å². The first-order valence-corrected chi connectivity index (χ1v) is 5.88. The van der Waals surface area contributed by atoms with Crippen molar-refractivity contribution in [2.24, 2.45) is 0 Å². The van der Waals surface area contributed by atoms with Crippen molar-refractivity contribution >= 4 is 28.7 Å². The normalized spacial score (nSPS) is 10.9. The highest BCUT2D eigenvalue weighted by Gasteiger charge is 2.10. The van der Waals surface area contributed by atoms with Crippen LogP contribution in [0.3, 0.4) is 0 Å². The average molecular weight is 263 g/mol. The molecule has 4 heteroatoms. The van der Waals surface area contributed by atoms with Gasteiger partial charge in [-0.1, -0.05) is 23.2 Å². The molecule has 0 fully saturated rings. The second kappa shape index (κ2) is 4.06. The molecule has 0 aliphatic rings. The Morgan fingerprint density at radius 3 is 2.76 bits per heavy atom. The lowest BCUT2D eigenvalue weighted by atomic mass is 10.2. The van der Waals surface area contributed by atoms with Gasteiger partial charge in [0.1, 0.15) is 0 Å². The summed E-state index contributed by atoms with van der Waals surface area (Å²) in [6, 6.07) is 9.49. The van der Waals surface area contributed by atoms with E-state index in [4.69, 9.17) is 23.2 Å². The van der Waals surface area contributed by atoms with Crippen molar-refractivity contribution in [2.45, 2.75) is 0 Å².